The molecule has 1 aromatic carbocycles. The van der Waals surface area contributed by atoms with Crippen LogP contribution < -0.4 is 4.72 Å². The van der Waals surface area contributed by atoms with E-state index in [9.17, 15) is 13.2 Å². The minimum atomic E-state index is -3.48. The molecule has 2 N–H and O–H groups in total. The molecule has 0 saturated carbocycles. The summed E-state index contributed by atoms with van der Waals surface area (Å²) in [4.78, 5) is 10.5. The molecular weight excluding hydrogens is 294 g/mol. The van der Waals surface area contributed by atoms with Gasteiger partial charge in [-0.25, -0.2) is 13.2 Å². The van der Waals surface area contributed by atoms with Crippen molar-refractivity contribution in [3.8, 4) is 0 Å². The summed E-state index contributed by atoms with van der Waals surface area (Å²) < 4.78 is 31.9. The molecule has 1 fully saturated rings. The number of aliphatic carboxylic acids is 1. The average Bonchev–Trinajstić information content (AvgIpc) is 2.88. The van der Waals surface area contributed by atoms with Gasteiger partial charge in [-0.2, -0.15) is 0 Å². The number of carboxylic acid groups (broad SMARTS) is 1. The quantitative estimate of drug-likeness (QED) is 0.780. The number of sulfonamides is 1. The summed E-state index contributed by atoms with van der Waals surface area (Å²) in [5.41, 5.74) is 1.01. The number of ether oxygens (including phenoxy) is 1. The first kappa shape index (κ1) is 15.5. The van der Waals surface area contributed by atoms with Gasteiger partial charge in [-0.3, -0.25) is 4.72 Å². The molecule has 1 unspecified atom stereocenters. The summed E-state index contributed by atoms with van der Waals surface area (Å²) in [6, 6.07) is 6.54. The Hall–Kier alpha value is -1.86. The molecule has 6 nitrogen and oxygen atoms in total. The van der Waals surface area contributed by atoms with Gasteiger partial charge in [0, 0.05) is 18.4 Å². The molecule has 0 radical (unpaired) electrons. The fourth-order valence-corrected chi connectivity index (χ4v) is 3.44. The van der Waals surface area contributed by atoms with E-state index in [-0.39, 0.29) is 11.9 Å². The zero-order chi connectivity index (χ0) is 15.3. The number of rotatable bonds is 6. The van der Waals surface area contributed by atoms with Gasteiger partial charge < -0.3 is 9.84 Å². The lowest BCUT2D eigenvalue weighted by atomic mass is 10.2. The van der Waals surface area contributed by atoms with Crippen molar-refractivity contribution in [2.75, 3.05) is 17.1 Å². The Morgan fingerprint density at radius 2 is 2.29 bits per heavy atom. The number of anilines is 1. The lowest BCUT2D eigenvalue weighted by Gasteiger charge is -2.12. The van der Waals surface area contributed by atoms with Crippen LogP contribution in [0.2, 0.25) is 0 Å². The SMILES string of the molecule is O=C(O)C=Cc1cccc(NS(=O)(=O)CC2CCCO2)c1. The predicted octanol–water partition coefficient (Wildman–Crippen LogP) is 1.71. The van der Waals surface area contributed by atoms with E-state index >= 15 is 0 Å². The van der Waals surface area contributed by atoms with Gasteiger partial charge in [-0.05, 0) is 36.6 Å². The Kier molecular flexibility index (Phi) is 4.98. The van der Waals surface area contributed by atoms with E-state index in [0.717, 1.165) is 18.9 Å². The highest BCUT2D eigenvalue weighted by Gasteiger charge is 2.23. The maximum atomic E-state index is 12.0. The van der Waals surface area contributed by atoms with E-state index in [1.165, 1.54) is 6.08 Å². The van der Waals surface area contributed by atoms with Crippen molar-refractivity contribution in [2.24, 2.45) is 0 Å². The van der Waals surface area contributed by atoms with Crippen molar-refractivity contribution in [1.29, 1.82) is 0 Å². The second kappa shape index (κ2) is 6.73. The van der Waals surface area contributed by atoms with Crippen LogP contribution in [-0.2, 0) is 19.6 Å². The van der Waals surface area contributed by atoms with Crippen LogP contribution in [0.15, 0.2) is 30.3 Å². The van der Waals surface area contributed by atoms with Crippen molar-refractivity contribution < 1.29 is 23.1 Å². The van der Waals surface area contributed by atoms with Crippen molar-refractivity contribution in [3.05, 3.63) is 35.9 Å². The molecule has 0 aliphatic carbocycles. The third-order valence-electron chi connectivity index (χ3n) is 3.01. The van der Waals surface area contributed by atoms with Crippen LogP contribution in [0, 0.1) is 0 Å². The van der Waals surface area contributed by atoms with Gasteiger partial charge in [0.2, 0.25) is 10.0 Å². The van der Waals surface area contributed by atoms with E-state index in [2.05, 4.69) is 4.72 Å². The van der Waals surface area contributed by atoms with Gasteiger partial charge in [0.1, 0.15) is 0 Å². The largest absolute Gasteiger partial charge is 0.478 e. The molecule has 1 atom stereocenters. The van der Waals surface area contributed by atoms with E-state index in [0.29, 0.717) is 17.9 Å². The van der Waals surface area contributed by atoms with Crippen LogP contribution in [0.5, 0.6) is 0 Å². The Labute approximate surface area is 123 Å². The highest BCUT2D eigenvalue weighted by molar-refractivity contribution is 7.92. The van der Waals surface area contributed by atoms with Crippen molar-refractivity contribution >= 4 is 27.8 Å². The van der Waals surface area contributed by atoms with Gasteiger partial charge in [-0.1, -0.05) is 12.1 Å². The first-order valence-electron chi connectivity index (χ1n) is 6.58. The molecule has 0 spiro atoms. The first-order valence-corrected chi connectivity index (χ1v) is 8.23. The van der Waals surface area contributed by atoms with E-state index < -0.39 is 16.0 Å². The number of nitrogens with one attached hydrogen (secondary N) is 1. The Morgan fingerprint density at radius 1 is 1.48 bits per heavy atom. The topological polar surface area (TPSA) is 92.7 Å². The summed E-state index contributed by atoms with van der Waals surface area (Å²) in [7, 11) is -3.48. The van der Waals surface area contributed by atoms with Crippen molar-refractivity contribution in [1.82, 2.24) is 0 Å². The lowest BCUT2D eigenvalue weighted by molar-refractivity contribution is -0.131. The molecular formula is C14H17NO5S. The maximum Gasteiger partial charge on any atom is 0.328 e. The lowest BCUT2D eigenvalue weighted by Crippen LogP contribution is -2.25. The van der Waals surface area contributed by atoms with E-state index in [1.54, 1.807) is 24.3 Å². The number of hydrogen-bond donors (Lipinski definition) is 2. The Morgan fingerprint density at radius 3 is 2.95 bits per heavy atom. The average molecular weight is 311 g/mol. The molecule has 114 valence electrons. The number of carboxylic acids is 1. The first-order chi connectivity index (χ1) is 9.94. The summed E-state index contributed by atoms with van der Waals surface area (Å²) >= 11 is 0. The molecule has 7 heteroatoms. The smallest absolute Gasteiger partial charge is 0.328 e. The number of carbonyl (C=O) groups is 1. The van der Waals surface area contributed by atoms with Crippen LogP contribution in [-0.4, -0.2) is 38.0 Å². The molecule has 0 bridgehead atoms. The molecule has 1 aliphatic heterocycles. The Balaban J connectivity index is 2.04. The minimum Gasteiger partial charge on any atom is -0.478 e. The summed E-state index contributed by atoms with van der Waals surface area (Å²) in [6.45, 7) is 0.607. The molecule has 1 saturated heterocycles. The highest BCUT2D eigenvalue weighted by atomic mass is 32.2. The summed E-state index contributed by atoms with van der Waals surface area (Å²) in [6.07, 6.45) is 3.79. The van der Waals surface area contributed by atoms with Gasteiger partial charge in [0.05, 0.1) is 11.9 Å². The van der Waals surface area contributed by atoms with Gasteiger partial charge in [-0.15, -0.1) is 0 Å². The predicted molar refractivity (Wildman–Crippen MR) is 79.5 cm³/mol. The monoisotopic (exact) mass is 311 g/mol. The van der Waals surface area contributed by atoms with Gasteiger partial charge >= 0.3 is 5.97 Å². The van der Waals surface area contributed by atoms with Crippen LogP contribution >= 0.6 is 0 Å². The fourth-order valence-electron chi connectivity index (χ4n) is 2.12. The highest BCUT2D eigenvalue weighted by Crippen LogP contribution is 2.17. The molecule has 0 aromatic heterocycles. The summed E-state index contributed by atoms with van der Waals surface area (Å²) in [5, 5.41) is 8.58. The second-order valence-corrected chi connectivity index (χ2v) is 6.58. The fraction of sp³-hybridized carbons (Fsp3) is 0.357. The third kappa shape index (κ3) is 5.20. The van der Waals surface area contributed by atoms with Crippen molar-refractivity contribution in [3.63, 3.8) is 0 Å². The molecule has 1 heterocycles. The zero-order valence-corrected chi connectivity index (χ0v) is 12.2. The second-order valence-electron chi connectivity index (χ2n) is 4.82. The van der Waals surface area contributed by atoms with E-state index in [1.807, 2.05) is 0 Å². The Bertz CT molecular complexity index is 633. The zero-order valence-electron chi connectivity index (χ0n) is 11.4. The maximum absolute atomic E-state index is 12.0. The van der Waals surface area contributed by atoms with Crippen LogP contribution in [0.1, 0.15) is 18.4 Å². The van der Waals surface area contributed by atoms with Crippen molar-refractivity contribution in [2.45, 2.75) is 18.9 Å². The minimum absolute atomic E-state index is 0.0673. The van der Waals surface area contributed by atoms with Gasteiger partial charge in [0.15, 0.2) is 0 Å². The third-order valence-corrected chi connectivity index (χ3v) is 4.36. The molecule has 21 heavy (non-hydrogen) atoms. The van der Waals surface area contributed by atoms with Crippen LogP contribution in [0.25, 0.3) is 6.08 Å². The van der Waals surface area contributed by atoms with Gasteiger partial charge in [0.25, 0.3) is 0 Å². The van der Waals surface area contributed by atoms with Crippen LogP contribution in [0.4, 0.5) is 5.69 Å². The normalized spacial score (nSPS) is 19.0. The molecule has 0 amide bonds. The molecule has 2 rings (SSSR count). The van der Waals surface area contributed by atoms with Crippen LogP contribution in [0.3, 0.4) is 0 Å². The van der Waals surface area contributed by atoms with E-state index in [4.69, 9.17) is 9.84 Å². The number of hydrogen-bond acceptors (Lipinski definition) is 4. The molecule has 1 aliphatic rings. The summed E-state index contributed by atoms with van der Waals surface area (Å²) in [5.74, 6) is -1.12. The standard InChI is InChI=1S/C14H17NO5S/c16-14(17)7-6-11-3-1-4-12(9-11)15-21(18,19)10-13-5-2-8-20-13/h1,3-4,6-7,9,13,15H,2,5,8,10H2,(H,16,17). The molecule has 1 aromatic rings. The number of benzene rings is 1.